The third-order valence-corrected chi connectivity index (χ3v) is 4.43. The van der Waals surface area contributed by atoms with Crippen molar-refractivity contribution in [2.45, 2.75) is 51.3 Å². The molecule has 1 saturated heterocycles. The molecule has 1 amide bonds. The maximum Gasteiger partial charge on any atom is 0.417 e. The van der Waals surface area contributed by atoms with E-state index in [4.69, 9.17) is 4.74 Å². The van der Waals surface area contributed by atoms with Crippen molar-refractivity contribution in [2.75, 3.05) is 13.1 Å². The summed E-state index contributed by atoms with van der Waals surface area (Å²) in [5.74, 6) is 0.0483. The fraction of sp³-hybridized carbons (Fsp3) is 0.556. The van der Waals surface area contributed by atoms with Crippen molar-refractivity contribution in [2.24, 2.45) is 0 Å². The van der Waals surface area contributed by atoms with E-state index in [0.29, 0.717) is 31.6 Å². The Bertz CT molecular complexity index is 800. The quantitative estimate of drug-likeness (QED) is 0.745. The van der Waals surface area contributed by atoms with Crippen LogP contribution < -0.4 is 0 Å². The molecule has 3 rings (SSSR count). The molecule has 5 nitrogen and oxygen atoms in total. The summed E-state index contributed by atoms with van der Waals surface area (Å²) in [5, 5.41) is 0. The zero-order valence-electron chi connectivity index (χ0n) is 15.0. The van der Waals surface area contributed by atoms with Crippen molar-refractivity contribution in [3.63, 3.8) is 0 Å². The third-order valence-electron chi connectivity index (χ3n) is 4.43. The summed E-state index contributed by atoms with van der Waals surface area (Å²) in [4.78, 5) is 18.0. The highest BCUT2D eigenvalue weighted by Crippen LogP contribution is 2.32. The van der Waals surface area contributed by atoms with E-state index in [9.17, 15) is 18.0 Å². The lowest BCUT2D eigenvalue weighted by Crippen LogP contribution is -2.41. The number of amides is 1. The number of rotatable bonds is 1. The number of aromatic nitrogens is 2. The molecule has 0 saturated carbocycles. The van der Waals surface area contributed by atoms with Crippen LogP contribution in [0.15, 0.2) is 24.5 Å². The minimum Gasteiger partial charge on any atom is -0.444 e. The van der Waals surface area contributed by atoms with Gasteiger partial charge in [-0.2, -0.15) is 13.2 Å². The minimum atomic E-state index is -4.39. The van der Waals surface area contributed by atoms with Crippen molar-refractivity contribution in [1.29, 1.82) is 0 Å². The average Bonchev–Trinajstić information content (AvgIpc) is 2.95. The lowest BCUT2D eigenvalue weighted by Gasteiger charge is -2.33. The smallest absolute Gasteiger partial charge is 0.417 e. The van der Waals surface area contributed by atoms with Crippen LogP contribution in [0, 0.1) is 0 Å². The standard InChI is InChI=1S/C18H22F3N3O2/c1-17(2,3)26-16(25)23-8-6-12(7-9-23)14-10-22-15-5-4-13(11-24(14)15)18(19,20)21/h4-5,10-12H,6-9H2,1-3H3. The average molecular weight is 369 g/mol. The number of carbonyl (C=O) groups excluding carboxylic acids is 1. The number of piperidine rings is 1. The van der Waals surface area contributed by atoms with E-state index in [1.54, 1.807) is 11.1 Å². The molecule has 8 heteroatoms. The maximum absolute atomic E-state index is 13.0. The summed E-state index contributed by atoms with van der Waals surface area (Å²) in [5.41, 5.74) is -0.0169. The van der Waals surface area contributed by atoms with Gasteiger partial charge in [0, 0.05) is 37.1 Å². The van der Waals surface area contributed by atoms with Gasteiger partial charge in [0.25, 0.3) is 0 Å². The van der Waals surface area contributed by atoms with E-state index < -0.39 is 17.3 Å². The fourth-order valence-corrected chi connectivity index (χ4v) is 3.15. The van der Waals surface area contributed by atoms with E-state index in [-0.39, 0.29) is 12.0 Å². The molecule has 0 N–H and O–H groups in total. The second kappa shape index (κ2) is 6.48. The van der Waals surface area contributed by atoms with Crippen molar-refractivity contribution >= 4 is 11.7 Å². The number of halogens is 3. The Morgan fingerprint density at radius 3 is 2.42 bits per heavy atom. The first kappa shape index (κ1) is 18.5. The molecule has 1 aliphatic heterocycles. The molecular weight excluding hydrogens is 347 g/mol. The minimum absolute atomic E-state index is 0.0483. The normalized spacial score (nSPS) is 16.9. The summed E-state index contributed by atoms with van der Waals surface area (Å²) in [7, 11) is 0. The van der Waals surface area contributed by atoms with Crippen LogP contribution in [0.2, 0.25) is 0 Å². The van der Waals surface area contributed by atoms with Crippen LogP contribution in [0.4, 0.5) is 18.0 Å². The molecule has 0 spiro atoms. The fourth-order valence-electron chi connectivity index (χ4n) is 3.15. The first-order chi connectivity index (χ1) is 12.0. The molecule has 0 radical (unpaired) electrons. The highest BCUT2D eigenvalue weighted by atomic mass is 19.4. The van der Waals surface area contributed by atoms with Gasteiger partial charge in [0.15, 0.2) is 0 Å². The number of imidazole rings is 1. The van der Waals surface area contributed by atoms with Crippen LogP contribution in [-0.4, -0.2) is 39.1 Å². The number of carbonyl (C=O) groups is 1. The monoisotopic (exact) mass is 369 g/mol. The van der Waals surface area contributed by atoms with Crippen molar-refractivity contribution in [3.05, 3.63) is 35.8 Å². The highest BCUT2D eigenvalue weighted by Gasteiger charge is 2.32. The Labute approximate surface area is 149 Å². The number of alkyl halides is 3. The molecule has 142 valence electrons. The van der Waals surface area contributed by atoms with E-state index in [2.05, 4.69) is 4.98 Å². The molecule has 0 unspecified atom stereocenters. The largest absolute Gasteiger partial charge is 0.444 e. The number of pyridine rings is 1. The molecule has 0 atom stereocenters. The van der Waals surface area contributed by atoms with Crippen LogP contribution in [0.25, 0.3) is 5.65 Å². The third kappa shape index (κ3) is 3.94. The maximum atomic E-state index is 13.0. The molecule has 2 aromatic rings. The van der Waals surface area contributed by atoms with E-state index in [1.165, 1.54) is 10.5 Å². The molecular formula is C18H22F3N3O2. The predicted octanol–water partition coefficient (Wildman–Crippen LogP) is 4.47. The van der Waals surface area contributed by atoms with Gasteiger partial charge in [-0.25, -0.2) is 9.78 Å². The molecule has 3 heterocycles. The molecule has 0 aromatic carbocycles. The van der Waals surface area contributed by atoms with Crippen LogP contribution in [0.1, 0.15) is 50.8 Å². The zero-order valence-corrected chi connectivity index (χ0v) is 15.0. The number of fused-ring (bicyclic) bond motifs is 1. The van der Waals surface area contributed by atoms with Crippen LogP contribution in [-0.2, 0) is 10.9 Å². The Balaban J connectivity index is 1.74. The number of hydrogen-bond acceptors (Lipinski definition) is 3. The first-order valence-corrected chi connectivity index (χ1v) is 8.57. The molecule has 0 aliphatic carbocycles. The van der Waals surface area contributed by atoms with E-state index >= 15 is 0 Å². The van der Waals surface area contributed by atoms with Crippen molar-refractivity contribution in [3.8, 4) is 0 Å². The van der Waals surface area contributed by atoms with Gasteiger partial charge in [-0.05, 0) is 45.7 Å². The molecule has 2 aromatic heterocycles. The molecule has 0 bridgehead atoms. The van der Waals surface area contributed by atoms with Gasteiger partial charge >= 0.3 is 12.3 Å². The van der Waals surface area contributed by atoms with Gasteiger partial charge < -0.3 is 14.0 Å². The van der Waals surface area contributed by atoms with E-state index in [1.807, 2.05) is 20.8 Å². The van der Waals surface area contributed by atoms with Crippen LogP contribution in [0.3, 0.4) is 0 Å². The second-order valence-corrected chi connectivity index (χ2v) is 7.57. The second-order valence-electron chi connectivity index (χ2n) is 7.57. The summed E-state index contributed by atoms with van der Waals surface area (Å²) in [6, 6.07) is 2.42. The highest BCUT2D eigenvalue weighted by molar-refractivity contribution is 5.68. The lowest BCUT2D eigenvalue weighted by molar-refractivity contribution is -0.137. The predicted molar refractivity (Wildman–Crippen MR) is 90.0 cm³/mol. The Kier molecular flexibility index (Phi) is 4.62. The summed E-state index contributed by atoms with van der Waals surface area (Å²) < 4.78 is 45.8. The number of likely N-dealkylation sites (tertiary alicyclic amines) is 1. The van der Waals surface area contributed by atoms with Gasteiger partial charge in [-0.1, -0.05) is 0 Å². The van der Waals surface area contributed by atoms with Crippen molar-refractivity contribution < 1.29 is 22.7 Å². The molecule has 1 fully saturated rings. The Morgan fingerprint density at radius 2 is 1.85 bits per heavy atom. The van der Waals surface area contributed by atoms with Gasteiger partial charge in [0.05, 0.1) is 5.56 Å². The van der Waals surface area contributed by atoms with Crippen molar-refractivity contribution in [1.82, 2.24) is 14.3 Å². The molecule has 26 heavy (non-hydrogen) atoms. The summed E-state index contributed by atoms with van der Waals surface area (Å²) in [6.45, 7) is 6.45. The van der Waals surface area contributed by atoms with E-state index in [0.717, 1.165) is 18.0 Å². The lowest BCUT2D eigenvalue weighted by atomic mass is 9.94. The van der Waals surface area contributed by atoms with Gasteiger partial charge in [0.2, 0.25) is 0 Å². The van der Waals surface area contributed by atoms with Gasteiger partial charge in [0.1, 0.15) is 11.2 Å². The topological polar surface area (TPSA) is 46.8 Å². The number of hydrogen-bond donors (Lipinski definition) is 0. The Hall–Kier alpha value is -2.25. The van der Waals surface area contributed by atoms with Gasteiger partial charge in [-0.15, -0.1) is 0 Å². The van der Waals surface area contributed by atoms with Gasteiger partial charge in [-0.3, -0.25) is 0 Å². The SMILES string of the molecule is CC(C)(C)OC(=O)N1CCC(c2cnc3ccc(C(F)(F)F)cn23)CC1. The number of ether oxygens (including phenoxy) is 1. The number of nitrogens with zero attached hydrogens (tertiary/aromatic N) is 3. The Morgan fingerprint density at radius 1 is 1.19 bits per heavy atom. The summed E-state index contributed by atoms with van der Waals surface area (Å²) >= 11 is 0. The first-order valence-electron chi connectivity index (χ1n) is 8.57. The summed E-state index contributed by atoms with van der Waals surface area (Å²) in [6.07, 6.45) is -0.711. The van der Waals surface area contributed by atoms with Crippen LogP contribution >= 0.6 is 0 Å². The van der Waals surface area contributed by atoms with Crippen LogP contribution in [0.5, 0.6) is 0 Å². The molecule has 1 aliphatic rings. The zero-order chi connectivity index (χ0) is 19.1.